The number of carbonyl (C=O) groups is 4. The highest BCUT2D eigenvalue weighted by molar-refractivity contribution is 7.90. The van der Waals surface area contributed by atoms with Gasteiger partial charge >= 0.3 is 0 Å². The Kier molecular flexibility index (Phi) is 9.51. The first-order valence-corrected chi connectivity index (χ1v) is 14.8. The molecule has 0 radical (unpaired) electrons. The van der Waals surface area contributed by atoms with E-state index < -0.39 is 45.1 Å². The van der Waals surface area contributed by atoms with Gasteiger partial charge in [-0.2, -0.15) is 0 Å². The lowest BCUT2D eigenvalue weighted by Crippen LogP contribution is -2.54. The number of aryl methyl sites for hydroxylation is 1. The highest BCUT2D eigenvalue weighted by Crippen LogP contribution is 2.30. The summed E-state index contributed by atoms with van der Waals surface area (Å²) >= 11 is 0. The van der Waals surface area contributed by atoms with E-state index in [-0.39, 0.29) is 31.6 Å². The van der Waals surface area contributed by atoms with Crippen LogP contribution in [0.3, 0.4) is 0 Å². The van der Waals surface area contributed by atoms with Gasteiger partial charge in [-0.1, -0.05) is 84.9 Å². The number of amides is 4. The van der Waals surface area contributed by atoms with Gasteiger partial charge in [-0.3, -0.25) is 23.9 Å². The van der Waals surface area contributed by atoms with Gasteiger partial charge in [0.1, 0.15) is 17.3 Å². The molecule has 1 unspecified atom stereocenters. The Bertz CT molecular complexity index is 1490. The minimum atomic E-state index is -3.79. The van der Waals surface area contributed by atoms with Gasteiger partial charge in [-0.25, -0.2) is 8.42 Å². The number of carbonyl (C=O) groups excluding carboxylic acids is 4. The number of nitrogens with one attached hydrogen (secondary N) is 3. The van der Waals surface area contributed by atoms with Gasteiger partial charge < -0.3 is 16.4 Å². The molecule has 0 saturated carbocycles. The first-order valence-electron chi connectivity index (χ1n) is 13.2. The van der Waals surface area contributed by atoms with E-state index in [0.29, 0.717) is 17.5 Å². The molecule has 10 nitrogen and oxygen atoms in total. The number of rotatable bonds is 12. The van der Waals surface area contributed by atoms with Crippen LogP contribution in [0.4, 0.5) is 0 Å². The van der Waals surface area contributed by atoms with Crippen molar-refractivity contribution in [3.63, 3.8) is 0 Å². The molecule has 3 atom stereocenters. The average molecular weight is 577 g/mol. The van der Waals surface area contributed by atoms with Gasteiger partial charge in [0.05, 0.1) is 6.42 Å². The van der Waals surface area contributed by atoms with Crippen molar-refractivity contribution in [3.05, 3.63) is 107 Å². The Hall–Kier alpha value is -4.51. The van der Waals surface area contributed by atoms with Crippen molar-refractivity contribution >= 4 is 33.7 Å². The van der Waals surface area contributed by atoms with Crippen molar-refractivity contribution in [3.8, 4) is 0 Å². The monoisotopic (exact) mass is 576 g/mol. The Morgan fingerprint density at radius 3 is 1.93 bits per heavy atom. The zero-order chi connectivity index (χ0) is 29.4. The normalized spacial score (nSPS) is 17.2. The Morgan fingerprint density at radius 2 is 1.37 bits per heavy atom. The zero-order valence-corrected chi connectivity index (χ0v) is 23.1. The minimum absolute atomic E-state index is 0.0515. The van der Waals surface area contributed by atoms with Crippen LogP contribution in [0.25, 0.3) is 0 Å². The molecular weight excluding hydrogens is 544 g/mol. The predicted octanol–water partition coefficient (Wildman–Crippen LogP) is 1.45. The maximum absolute atomic E-state index is 13.4. The first kappa shape index (κ1) is 29.5. The standard InChI is InChI=1S/C30H32N4O6S/c31-29(37)24(17-22-11-14-23(15-12-22)26-19-28(36)34-41(26,39)40)33-30(38)25(18-21-9-5-2-6-10-21)32-27(35)16-13-20-7-3-1-4-8-20/h1-12,14-15,24-26H,13,16-19H2,(H2,31,37)(H,32,35)(H,33,38)(H,34,36)/t24?,25-,26-/m0/s1. The number of benzene rings is 3. The maximum atomic E-state index is 13.4. The first-order chi connectivity index (χ1) is 19.6. The van der Waals surface area contributed by atoms with Gasteiger partial charge in [0, 0.05) is 19.3 Å². The molecule has 3 aromatic rings. The molecule has 0 aromatic heterocycles. The molecule has 1 aliphatic heterocycles. The van der Waals surface area contributed by atoms with Crippen LogP contribution in [-0.4, -0.2) is 44.1 Å². The predicted molar refractivity (Wildman–Crippen MR) is 153 cm³/mol. The lowest BCUT2D eigenvalue weighted by atomic mass is 10.0. The van der Waals surface area contributed by atoms with Crippen molar-refractivity contribution in [1.82, 2.24) is 15.4 Å². The smallest absolute Gasteiger partial charge is 0.243 e. The SMILES string of the molecule is NC(=O)C(Cc1ccc([C@@H]2CC(=O)NS2(=O)=O)cc1)NC(=O)[C@H](Cc1ccccc1)NC(=O)CCc1ccccc1. The lowest BCUT2D eigenvalue weighted by Gasteiger charge is -2.22. The number of sulfonamides is 1. The van der Waals surface area contributed by atoms with E-state index in [0.717, 1.165) is 11.1 Å². The van der Waals surface area contributed by atoms with Crippen LogP contribution in [0.15, 0.2) is 84.9 Å². The van der Waals surface area contributed by atoms with Gasteiger partial charge in [-0.15, -0.1) is 0 Å². The second kappa shape index (κ2) is 13.2. The maximum Gasteiger partial charge on any atom is 0.243 e. The van der Waals surface area contributed by atoms with Gasteiger partial charge in [0.2, 0.25) is 33.7 Å². The molecule has 1 heterocycles. The summed E-state index contributed by atoms with van der Waals surface area (Å²) in [5, 5.41) is 4.49. The lowest BCUT2D eigenvalue weighted by molar-refractivity contribution is -0.131. The van der Waals surface area contributed by atoms with Crippen molar-refractivity contribution in [2.24, 2.45) is 5.73 Å². The fraction of sp³-hybridized carbons (Fsp3) is 0.267. The number of hydrogen-bond acceptors (Lipinski definition) is 6. The summed E-state index contributed by atoms with van der Waals surface area (Å²) in [4.78, 5) is 50.0. The van der Waals surface area contributed by atoms with Crippen LogP contribution in [0, 0.1) is 0 Å². The molecule has 1 saturated heterocycles. The fourth-order valence-electron chi connectivity index (χ4n) is 4.67. The summed E-state index contributed by atoms with van der Waals surface area (Å²) in [6, 6.07) is 23.1. The third kappa shape index (κ3) is 8.24. The third-order valence-corrected chi connectivity index (χ3v) is 8.57. The van der Waals surface area contributed by atoms with Crippen LogP contribution in [-0.2, 0) is 48.5 Å². The molecule has 0 spiro atoms. The second-order valence-corrected chi connectivity index (χ2v) is 11.8. The van der Waals surface area contributed by atoms with E-state index in [9.17, 15) is 27.6 Å². The highest BCUT2D eigenvalue weighted by atomic mass is 32.2. The molecule has 4 amide bonds. The van der Waals surface area contributed by atoms with Crippen LogP contribution in [0.1, 0.15) is 40.3 Å². The highest BCUT2D eigenvalue weighted by Gasteiger charge is 2.37. The van der Waals surface area contributed by atoms with Crippen molar-refractivity contribution in [1.29, 1.82) is 0 Å². The van der Waals surface area contributed by atoms with Crippen LogP contribution >= 0.6 is 0 Å². The molecule has 0 bridgehead atoms. The number of nitrogens with two attached hydrogens (primary N) is 1. The Morgan fingerprint density at radius 1 is 0.805 bits per heavy atom. The zero-order valence-electron chi connectivity index (χ0n) is 22.3. The average Bonchev–Trinajstić information content (AvgIpc) is 3.24. The molecule has 1 fully saturated rings. The second-order valence-electron chi connectivity index (χ2n) is 9.97. The Balaban J connectivity index is 1.43. The summed E-state index contributed by atoms with van der Waals surface area (Å²) in [5.74, 6) is -2.17. The summed E-state index contributed by atoms with van der Waals surface area (Å²) in [5.41, 5.74) is 8.51. The largest absolute Gasteiger partial charge is 0.368 e. The van der Waals surface area contributed by atoms with E-state index in [1.54, 1.807) is 24.3 Å². The Labute approximate surface area is 238 Å². The van der Waals surface area contributed by atoms with E-state index >= 15 is 0 Å². The quantitative estimate of drug-likeness (QED) is 0.255. The topological polar surface area (TPSA) is 165 Å². The third-order valence-electron chi connectivity index (χ3n) is 6.87. The molecule has 11 heteroatoms. The molecule has 4 rings (SSSR count). The summed E-state index contributed by atoms with van der Waals surface area (Å²) in [6.07, 6.45) is 0.800. The van der Waals surface area contributed by atoms with Crippen molar-refractivity contribution in [2.75, 3.05) is 0 Å². The van der Waals surface area contributed by atoms with Crippen molar-refractivity contribution < 1.29 is 27.6 Å². The molecule has 1 aliphatic rings. The fourth-order valence-corrected chi connectivity index (χ4v) is 6.10. The minimum Gasteiger partial charge on any atom is -0.368 e. The summed E-state index contributed by atoms with van der Waals surface area (Å²) in [7, 11) is -3.79. The molecule has 5 N–H and O–H groups in total. The summed E-state index contributed by atoms with van der Waals surface area (Å²) < 4.78 is 26.3. The molecular formula is C30H32N4O6S. The van der Waals surface area contributed by atoms with Crippen LogP contribution < -0.4 is 21.1 Å². The van der Waals surface area contributed by atoms with Crippen molar-refractivity contribution in [2.45, 2.75) is 49.4 Å². The van der Waals surface area contributed by atoms with Gasteiger partial charge in [0.25, 0.3) is 0 Å². The van der Waals surface area contributed by atoms with E-state index in [4.69, 9.17) is 5.73 Å². The van der Waals surface area contributed by atoms with E-state index in [2.05, 4.69) is 10.6 Å². The van der Waals surface area contributed by atoms with E-state index in [1.807, 2.05) is 65.4 Å². The molecule has 0 aliphatic carbocycles. The molecule has 214 valence electrons. The van der Waals surface area contributed by atoms with E-state index in [1.165, 1.54) is 0 Å². The molecule has 41 heavy (non-hydrogen) atoms. The van der Waals surface area contributed by atoms with Crippen LogP contribution in [0.2, 0.25) is 0 Å². The number of hydrogen-bond donors (Lipinski definition) is 4. The van der Waals surface area contributed by atoms with Crippen LogP contribution in [0.5, 0.6) is 0 Å². The van der Waals surface area contributed by atoms with Gasteiger partial charge in [-0.05, 0) is 28.7 Å². The summed E-state index contributed by atoms with van der Waals surface area (Å²) in [6.45, 7) is 0. The molecule has 3 aromatic carbocycles. The van der Waals surface area contributed by atoms with Gasteiger partial charge in [0.15, 0.2) is 0 Å². The number of primary amides is 1.